The number of nitrogens with zero attached hydrogens (tertiary/aromatic N) is 2. The van der Waals surface area contributed by atoms with Gasteiger partial charge in [-0.25, -0.2) is 0 Å². The molecule has 0 aliphatic carbocycles. The van der Waals surface area contributed by atoms with Gasteiger partial charge in [-0.3, -0.25) is 9.69 Å². The molecule has 2 aliphatic heterocycles. The molecular formula is C12H22N2O3. The number of aliphatic hydroxyl groups is 1. The van der Waals surface area contributed by atoms with Crippen LogP contribution < -0.4 is 0 Å². The lowest BCUT2D eigenvalue weighted by atomic mass is 10.1. The zero-order chi connectivity index (χ0) is 12.3. The molecule has 17 heavy (non-hydrogen) atoms. The molecule has 2 saturated heterocycles. The number of hydrogen-bond acceptors (Lipinski definition) is 4. The highest BCUT2D eigenvalue weighted by atomic mass is 16.5. The highest BCUT2D eigenvalue weighted by Crippen LogP contribution is 2.16. The van der Waals surface area contributed by atoms with Crippen LogP contribution in [-0.4, -0.2) is 72.9 Å². The summed E-state index contributed by atoms with van der Waals surface area (Å²) < 4.78 is 5.25. The first-order valence-electron chi connectivity index (χ1n) is 6.44. The van der Waals surface area contributed by atoms with Crippen LogP contribution in [0.5, 0.6) is 0 Å². The van der Waals surface area contributed by atoms with E-state index in [-0.39, 0.29) is 17.9 Å². The highest BCUT2D eigenvalue weighted by molar-refractivity contribution is 5.79. The Morgan fingerprint density at radius 3 is 2.65 bits per heavy atom. The maximum atomic E-state index is 12.1. The number of ether oxygens (including phenoxy) is 1. The van der Waals surface area contributed by atoms with Crippen LogP contribution >= 0.6 is 0 Å². The number of aliphatic hydroxyl groups excluding tert-OH is 1. The Balaban J connectivity index is 1.76. The molecule has 0 aromatic carbocycles. The van der Waals surface area contributed by atoms with Crippen LogP contribution in [0, 0.1) is 5.92 Å². The van der Waals surface area contributed by atoms with Gasteiger partial charge >= 0.3 is 0 Å². The summed E-state index contributed by atoms with van der Waals surface area (Å²) in [6.45, 7) is 7.10. The predicted octanol–water partition coefficient (Wildman–Crippen LogP) is -0.452. The first-order chi connectivity index (χ1) is 8.16. The quantitative estimate of drug-likeness (QED) is 0.728. The molecule has 0 aromatic rings. The molecule has 1 amide bonds. The molecule has 0 bridgehead atoms. The van der Waals surface area contributed by atoms with E-state index in [0.717, 1.165) is 39.2 Å². The summed E-state index contributed by atoms with van der Waals surface area (Å²) in [5, 5.41) is 9.31. The number of β-amino-alcohol motifs (C(OH)–C–C–N with tert-alkyl or cyclic N) is 1. The van der Waals surface area contributed by atoms with Crippen molar-refractivity contribution in [3.63, 3.8) is 0 Å². The number of carbonyl (C=O) groups excluding carboxylic acids is 1. The van der Waals surface area contributed by atoms with Gasteiger partial charge in [-0.1, -0.05) is 0 Å². The summed E-state index contributed by atoms with van der Waals surface area (Å²) in [7, 11) is 0. The third-order valence-corrected chi connectivity index (χ3v) is 3.49. The number of hydrogen-bond donors (Lipinski definition) is 1. The van der Waals surface area contributed by atoms with Crippen LogP contribution in [0.4, 0.5) is 0 Å². The van der Waals surface area contributed by atoms with E-state index >= 15 is 0 Å². The van der Waals surface area contributed by atoms with E-state index < -0.39 is 0 Å². The lowest BCUT2D eigenvalue weighted by Gasteiger charge is -2.36. The van der Waals surface area contributed by atoms with Gasteiger partial charge in [0.05, 0.1) is 18.6 Å². The summed E-state index contributed by atoms with van der Waals surface area (Å²) >= 11 is 0. The fourth-order valence-electron chi connectivity index (χ4n) is 2.51. The van der Waals surface area contributed by atoms with E-state index in [1.165, 1.54) is 0 Å². The Bertz CT molecular complexity index is 256. The molecule has 2 rings (SSSR count). The Kier molecular flexibility index (Phi) is 4.36. The molecule has 0 saturated carbocycles. The molecular weight excluding hydrogens is 220 g/mol. The fourth-order valence-corrected chi connectivity index (χ4v) is 2.51. The van der Waals surface area contributed by atoms with Gasteiger partial charge < -0.3 is 14.7 Å². The molecule has 0 spiro atoms. The van der Waals surface area contributed by atoms with Crippen LogP contribution in [0.25, 0.3) is 0 Å². The van der Waals surface area contributed by atoms with Crippen LogP contribution in [-0.2, 0) is 9.53 Å². The third kappa shape index (κ3) is 3.40. The zero-order valence-electron chi connectivity index (χ0n) is 10.5. The summed E-state index contributed by atoms with van der Waals surface area (Å²) in [6.07, 6.45) is 0.577. The van der Waals surface area contributed by atoms with Crippen molar-refractivity contribution in [2.45, 2.75) is 19.4 Å². The number of carbonyl (C=O) groups is 1. The van der Waals surface area contributed by atoms with E-state index in [2.05, 4.69) is 4.90 Å². The molecule has 98 valence electrons. The average molecular weight is 242 g/mol. The molecule has 0 unspecified atom stereocenters. The van der Waals surface area contributed by atoms with Crippen LogP contribution in [0.15, 0.2) is 0 Å². The van der Waals surface area contributed by atoms with Crippen LogP contribution in [0.3, 0.4) is 0 Å². The van der Waals surface area contributed by atoms with Gasteiger partial charge in [-0.05, 0) is 13.3 Å². The average Bonchev–Trinajstić information content (AvgIpc) is 2.82. The van der Waals surface area contributed by atoms with Gasteiger partial charge in [0.1, 0.15) is 0 Å². The monoisotopic (exact) mass is 242 g/mol. The van der Waals surface area contributed by atoms with Crippen LogP contribution in [0.1, 0.15) is 13.3 Å². The molecule has 2 fully saturated rings. The second-order valence-corrected chi connectivity index (χ2v) is 5.04. The number of amides is 1. The maximum absolute atomic E-state index is 12.1. The van der Waals surface area contributed by atoms with E-state index in [0.29, 0.717) is 13.2 Å². The summed E-state index contributed by atoms with van der Waals surface area (Å²) in [5.74, 6) is 0.331. The van der Waals surface area contributed by atoms with Crippen molar-refractivity contribution in [3.8, 4) is 0 Å². The molecule has 0 aromatic heterocycles. The SMILES string of the molecule is C[C@H](O)CN1CCN(C(=O)[C@@H]2CCOC2)CC1. The second kappa shape index (κ2) is 5.80. The van der Waals surface area contributed by atoms with Gasteiger partial charge in [-0.2, -0.15) is 0 Å². The first-order valence-corrected chi connectivity index (χ1v) is 6.44. The first kappa shape index (κ1) is 12.8. The van der Waals surface area contributed by atoms with Crippen molar-refractivity contribution >= 4 is 5.91 Å². The van der Waals surface area contributed by atoms with E-state index in [1.54, 1.807) is 6.92 Å². The van der Waals surface area contributed by atoms with Crippen molar-refractivity contribution in [2.75, 3.05) is 45.9 Å². The number of piperazine rings is 1. The summed E-state index contributed by atoms with van der Waals surface area (Å²) in [6, 6.07) is 0. The molecule has 0 radical (unpaired) electrons. The fraction of sp³-hybridized carbons (Fsp3) is 0.917. The molecule has 2 atom stereocenters. The van der Waals surface area contributed by atoms with Crippen molar-refractivity contribution in [1.82, 2.24) is 9.80 Å². The van der Waals surface area contributed by atoms with Crippen molar-refractivity contribution in [3.05, 3.63) is 0 Å². The smallest absolute Gasteiger partial charge is 0.228 e. The Labute approximate surface area is 102 Å². The lowest BCUT2D eigenvalue weighted by Crippen LogP contribution is -2.51. The lowest BCUT2D eigenvalue weighted by molar-refractivity contribution is -0.137. The molecule has 1 N–H and O–H groups in total. The number of rotatable bonds is 3. The minimum absolute atomic E-state index is 0.0818. The minimum atomic E-state index is -0.291. The molecule has 5 heteroatoms. The van der Waals surface area contributed by atoms with Gasteiger partial charge in [0, 0.05) is 39.3 Å². The maximum Gasteiger partial charge on any atom is 0.228 e. The summed E-state index contributed by atoms with van der Waals surface area (Å²) in [4.78, 5) is 16.3. The van der Waals surface area contributed by atoms with Gasteiger partial charge in [0.2, 0.25) is 5.91 Å². The standard InChI is InChI=1S/C12H22N2O3/c1-10(15)8-13-3-5-14(6-4-13)12(16)11-2-7-17-9-11/h10-11,15H,2-9H2,1H3/t10-,11+/m0/s1. The van der Waals surface area contributed by atoms with Gasteiger partial charge in [-0.15, -0.1) is 0 Å². The minimum Gasteiger partial charge on any atom is -0.392 e. The Hall–Kier alpha value is -0.650. The highest BCUT2D eigenvalue weighted by Gasteiger charge is 2.30. The zero-order valence-corrected chi connectivity index (χ0v) is 10.5. The molecule has 2 aliphatic rings. The van der Waals surface area contributed by atoms with Gasteiger partial charge in [0.15, 0.2) is 0 Å². The van der Waals surface area contributed by atoms with E-state index in [9.17, 15) is 9.90 Å². The predicted molar refractivity (Wildman–Crippen MR) is 63.6 cm³/mol. The Morgan fingerprint density at radius 2 is 2.12 bits per heavy atom. The van der Waals surface area contributed by atoms with Crippen molar-refractivity contribution in [2.24, 2.45) is 5.92 Å². The van der Waals surface area contributed by atoms with Crippen molar-refractivity contribution < 1.29 is 14.6 Å². The van der Waals surface area contributed by atoms with Crippen LogP contribution in [0.2, 0.25) is 0 Å². The largest absolute Gasteiger partial charge is 0.392 e. The Morgan fingerprint density at radius 1 is 1.41 bits per heavy atom. The van der Waals surface area contributed by atoms with Crippen molar-refractivity contribution in [1.29, 1.82) is 0 Å². The van der Waals surface area contributed by atoms with E-state index in [4.69, 9.17) is 4.74 Å². The van der Waals surface area contributed by atoms with E-state index in [1.807, 2.05) is 4.90 Å². The second-order valence-electron chi connectivity index (χ2n) is 5.04. The normalized spacial score (nSPS) is 28.4. The topological polar surface area (TPSA) is 53.0 Å². The van der Waals surface area contributed by atoms with Gasteiger partial charge in [0.25, 0.3) is 0 Å². The molecule has 2 heterocycles. The molecule has 5 nitrogen and oxygen atoms in total. The third-order valence-electron chi connectivity index (χ3n) is 3.49. The summed E-state index contributed by atoms with van der Waals surface area (Å²) in [5.41, 5.74) is 0.